The Labute approximate surface area is 255 Å². The summed E-state index contributed by atoms with van der Waals surface area (Å²) in [6.45, 7) is 10.0. The van der Waals surface area contributed by atoms with Crippen LogP contribution in [0.25, 0.3) is 0 Å². The van der Waals surface area contributed by atoms with Gasteiger partial charge in [-0.15, -0.1) is 11.3 Å². The summed E-state index contributed by atoms with van der Waals surface area (Å²) in [6.07, 6.45) is 1.42. The van der Waals surface area contributed by atoms with Gasteiger partial charge in [0.1, 0.15) is 10.9 Å². The second-order valence-electron chi connectivity index (χ2n) is 10.8. The molecule has 1 rings (SSSR count). The summed E-state index contributed by atoms with van der Waals surface area (Å²) in [5.41, 5.74) is -1.41. The number of nitrogens with zero attached hydrogens (tertiary/aromatic N) is 1. The van der Waals surface area contributed by atoms with Crippen LogP contribution in [0.2, 0.25) is 0 Å². The van der Waals surface area contributed by atoms with Gasteiger partial charge in [0, 0.05) is 39.9 Å². The minimum absolute atomic E-state index is 0.0109. The molecule has 0 aliphatic carbocycles. The van der Waals surface area contributed by atoms with Gasteiger partial charge in [-0.3, -0.25) is 28.8 Å². The highest BCUT2D eigenvalue weighted by Crippen LogP contribution is 2.28. The number of methoxy groups -OCH3 is 2. The largest absolute Gasteiger partial charge is 0.384 e. The molecule has 12 nitrogen and oxygen atoms in total. The number of thioether (sulfide) groups is 1. The smallest absolute Gasteiger partial charge is 0.263 e. The maximum absolute atomic E-state index is 13.6. The van der Waals surface area contributed by atoms with Crippen LogP contribution in [0.3, 0.4) is 0 Å². The van der Waals surface area contributed by atoms with E-state index in [2.05, 4.69) is 20.9 Å². The first kappa shape index (κ1) is 37.3. The van der Waals surface area contributed by atoms with Crippen LogP contribution < -0.4 is 16.0 Å². The number of rotatable bonds is 19. The van der Waals surface area contributed by atoms with E-state index in [1.807, 2.05) is 13.8 Å². The molecule has 0 aliphatic heterocycles. The lowest BCUT2D eigenvalue weighted by atomic mass is 9.82. The number of Topliss-reactive ketones (excluding diaryl/α,β-unsaturated/α-hetero) is 2. The lowest BCUT2D eigenvalue weighted by molar-refractivity contribution is -0.140. The number of carbonyl (C=O) groups is 6. The van der Waals surface area contributed by atoms with E-state index in [9.17, 15) is 28.8 Å². The minimum Gasteiger partial charge on any atom is -0.384 e. The van der Waals surface area contributed by atoms with Crippen LogP contribution in [0.1, 0.15) is 62.1 Å². The van der Waals surface area contributed by atoms with Gasteiger partial charge in [-0.25, -0.2) is 4.98 Å². The number of aromatic nitrogens is 1. The van der Waals surface area contributed by atoms with Crippen molar-refractivity contribution in [1.82, 2.24) is 20.9 Å². The molecule has 0 bridgehead atoms. The molecular weight excluding hydrogens is 584 g/mol. The maximum Gasteiger partial charge on any atom is 0.263 e. The second-order valence-corrected chi connectivity index (χ2v) is 13.1. The van der Waals surface area contributed by atoms with Gasteiger partial charge in [0.15, 0.2) is 11.6 Å². The topological polar surface area (TPSA) is 170 Å². The summed E-state index contributed by atoms with van der Waals surface area (Å²) in [6, 6.07) is -2.00. The third-order valence-corrected chi connectivity index (χ3v) is 8.33. The fourth-order valence-electron chi connectivity index (χ4n) is 3.97. The number of ketones is 2. The number of thiazole rings is 1. The van der Waals surface area contributed by atoms with Crippen molar-refractivity contribution in [2.75, 3.05) is 39.7 Å². The van der Waals surface area contributed by atoms with E-state index >= 15 is 0 Å². The molecule has 236 valence electrons. The predicted molar refractivity (Wildman–Crippen MR) is 161 cm³/mol. The minimum atomic E-state index is -1.41. The monoisotopic (exact) mass is 628 g/mol. The zero-order valence-electron chi connectivity index (χ0n) is 25.7. The number of hydrogen-bond acceptors (Lipinski definition) is 11. The summed E-state index contributed by atoms with van der Waals surface area (Å²) in [5.74, 6) is -2.81. The molecule has 0 aromatic carbocycles. The van der Waals surface area contributed by atoms with E-state index in [0.29, 0.717) is 15.6 Å². The molecule has 0 saturated heterocycles. The quantitative estimate of drug-likeness (QED) is 0.152. The average Bonchev–Trinajstić information content (AvgIpc) is 3.35. The molecule has 42 heavy (non-hydrogen) atoms. The molecule has 0 aliphatic rings. The van der Waals surface area contributed by atoms with Crippen molar-refractivity contribution >= 4 is 57.5 Å². The second kappa shape index (κ2) is 18.1. The van der Waals surface area contributed by atoms with Gasteiger partial charge in [0.2, 0.25) is 16.9 Å². The van der Waals surface area contributed by atoms with Crippen molar-refractivity contribution in [2.24, 2.45) is 17.3 Å². The van der Waals surface area contributed by atoms with E-state index < -0.39 is 46.8 Å². The van der Waals surface area contributed by atoms with E-state index in [1.54, 1.807) is 6.92 Å². The fourth-order valence-corrected chi connectivity index (χ4v) is 5.50. The molecule has 0 radical (unpaired) electrons. The van der Waals surface area contributed by atoms with Crippen molar-refractivity contribution in [3.63, 3.8) is 0 Å². The molecule has 0 saturated carbocycles. The summed E-state index contributed by atoms with van der Waals surface area (Å²) >= 11 is 2.13. The van der Waals surface area contributed by atoms with Crippen molar-refractivity contribution in [3.8, 4) is 0 Å². The lowest BCUT2D eigenvalue weighted by Gasteiger charge is -2.29. The number of aryl methyl sites for hydroxylation is 1. The molecule has 1 aromatic rings. The first-order valence-corrected chi connectivity index (χ1v) is 15.4. The molecule has 0 fully saturated rings. The third-order valence-electron chi connectivity index (χ3n) is 6.23. The molecule has 14 heteroatoms. The summed E-state index contributed by atoms with van der Waals surface area (Å²) in [7, 11) is 2.79. The van der Waals surface area contributed by atoms with E-state index in [-0.39, 0.29) is 49.5 Å². The highest BCUT2D eigenvalue weighted by Gasteiger charge is 2.41. The average molecular weight is 629 g/mol. The standard InChI is InChI=1S/C28H44N4O8S2/c1-16(2)11-20(24(35)28(5,6)27(38)41-10-9-29-17(3)33)31-25(36)19(14-39-7)12-22(34)21(15-40-8)32-26(37)23-13-30-18(4)42-23/h13,16,19-21H,9-12,14-15H2,1-8H3,(H,29,33)(H,31,36)(H,32,37)/t19-,20-,21-/m0/s1. The maximum atomic E-state index is 13.6. The zero-order chi connectivity index (χ0) is 32.0. The van der Waals surface area contributed by atoms with Crippen LogP contribution in [0, 0.1) is 24.2 Å². The Morgan fingerprint density at radius 2 is 1.67 bits per heavy atom. The molecule has 0 unspecified atom stereocenters. The van der Waals surface area contributed by atoms with E-state index in [0.717, 1.165) is 11.8 Å². The van der Waals surface area contributed by atoms with Gasteiger partial charge in [0.05, 0.1) is 41.8 Å². The summed E-state index contributed by atoms with van der Waals surface area (Å²) < 4.78 is 10.3. The molecule has 1 heterocycles. The number of amides is 3. The Morgan fingerprint density at radius 1 is 1.02 bits per heavy atom. The Balaban J connectivity index is 3.02. The SMILES string of the molecule is COC[C@H](CC(=O)[C@H](COC)NC(=O)c1cnc(C)s1)C(=O)N[C@@H](CC(C)C)C(=O)C(C)(C)C(=O)SCCNC(C)=O. The van der Waals surface area contributed by atoms with Crippen molar-refractivity contribution in [3.05, 3.63) is 16.1 Å². The van der Waals surface area contributed by atoms with Crippen molar-refractivity contribution < 1.29 is 38.2 Å². The zero-order valence-corrected chi connectivity index (χ0v) is 27.3. The first-order chi connectivity index (χ1) is 19.6. The first-order valence-electron chi connectivity index (χ1n) is 13.6. The van der Waals surface area contributed by atoms with Crippen LogP contribution in [0.4, 0.5) is 0 Å². The molecule has 3 N–H and O–H groups in total. The molecule has 0 spiro atoms. The normalized spacial score (nSPS) is 13.6. The lowest BCUT2D eigenvalue weighted by Crippen LogP contribution is -2.52. The molecule has 3 atom stereocenters. The van der Waals surface area contributed by atoms with Crippen molar-refractivity contribution in [1.29, 1.82) is 0 Å². The summed E-state index contributed by atoms with van der Waals surface area (Å²) in [4.78, 5) is 81.3. The van der Waals surface area contributed by atoms with Gasteiger partial charge in [-0.1, -0.05) is 25.6 Å². The molecule has 3 amide bonds. The number of carbonyl (C=O) groups excluding carboxylic acids is 6. The highest BCUT2D eigenvalue weighted by atomic mass is 32.2. The predicted octanol–water partition coefficient (Wildman–Crippen LogP) is 1.94. The van der Waals surface area contributed by atoms with Gasteiger partial charge in [0.25, 0.3) is 5.91 Å². The number of nitrogens with one attached hydrogen (secondary N) is 3. The van der Waals surface area contributed by atoms with Crippen LogP contribution in [0.15, 0.2) is 6.20 Å². The van der Waals surface area contributed by atoms with Crippen molar-refractivity contribution in [2.45, 2.75) is 66.5 Å². The Kier molecular flexibility index (Phi) is 16.1. The number of hydrogen-bond donors (Lipinski definition) is 3. The Bertz CT molecular complexity index is 1110. The Hall–Kier alpha value is -2.68. The van der Waals surface area contributed by atoms with Gasteiger partial charge < -0.3 is 25.4 Å². The van der Waals surface area contributed by atoms with E-state index in [4.69, 9.17) is 9.47 Å². The highest BCUT2D eigenvalue weighted by molar-refractivity contribution is 8.13. The molecular formula is C28H44N4O8S2. The molecule has 1 aromatic heterocycles. The van der Waals surface area contributed by atoms with Gasteiger partial charge >= 0.3 is 0 Å². The fraction of sp³-hybridized carbons (Fsp3) is 0.679. The van der Waals surface area contributed by atoms with Crippen LogP contribution in [-0.2, 0) is 33.4 Å². The van der Waals surface area contributed by atoms with Gasteiger partial charge in [-0.05, 0) is 33.1 Å². The van der Waals surface area contributed by atoms with Crippen LogP contribution in [0.5, 0.6) is 0 Å². The van der Waals surface area contributed by atoms with E-state index in [1.165, 1.54) is 52.5 Å². The third kappa shape index (κ3) is 12.3. The summed E-state index contributed by atoms with van der Waals surface area (Å²) in [5, 5.41) is 8.33. The Morgan fingerprint density at radius 3 is 2.19 bits per heavy atom. The number of ether oxygens (including phenoxy) is 2. The van der Waals surface area contributed by atoms with Crippen LogP contribution >= 0.6 is 23.1 Å². The van der Waals surface area contributed by atoms with Crippen LogP contribution in [-0.4, -0.2) is 91.2 Å². The van der Waals surface area contributed by atoms with Gasteiger partial charge in [-0.2, -0.15) is 0 Å².